The Hall–Kier alpha value is -0.870. The highest BCUT2D eigenvalue weighted by Gasteiger charge is 2.31. The van der Waals surface area contributed by atoms with Crippen molar-refractivity contribution in [2.75, 3.05) is 32.3 Å². The highest BCUT2D eigenvalue weighted by molar-refractivity contribution is 14.0. The van der Waals surface area contributed by atoms with Crippen LogP contribution in [0.2, 0.25) is 0 Å². The van der Waals surface area contributed by atoms with E-state index in [1.54, 1.807) is 26.0 Å². The summed E-state index contributed by atoms with van der Waals surface area (Å²) in [6.45, 7) is 0.869. The molecule has 0 bridgehead atoms. The lowest BCUT2D eigenvalue weighted by molar-refractivity contribution is 0.0726. The second kappa shape index (κ2) is 9.43. The molecule has 0 amide bonds. The zero-order valence-corrected chi connectivity index (χ0v) is 16.5. The maximum Gasteiger partial charge on any atom is 0.189 e. The maximum absolute atomic E-state index is 10.2. The number of rotatable bonds is 6. The number of nitrogens with zero attached hydrogens (tertiary/aromatic N) is 1. The second-order valence-corrected chi connectivity index (χ2v) is 6.38. The van der Waals surface area contributed by atoms with Crippen molar-refractivity contribution in [2.45, 2.75) is 18.6 Å². The van der Waals surface area contributed by atoms with Crippen LogP contribution in [0.1, 0.15) is 12.0 Å². The minimum atomic E-state index is -0.672. The third-order valence-corrected chi connectivity index (χ3v) is 4.80. The molecule has 1 heterocycles. The molecule has 1 aromatic rings. The summed E-state index contributed by atoms with van der Waals surface area (Å²) in [6.07, 6.45) is 0.785. The molecule has 1 saturated heterocycles. The van der Waals surface area contributed by atoms with Crippen molar-refractivity contribution in [3.63, 3.8) is 0 Å². The predicted molar refractivity (Wildman–Crippen MR) is 105 cm³/mol. The van der Waals surface area contributed by atoms with Crippen molar-refractivity contribution in [1.82, 2.24) is 5.32 Å². The van der Waals surface area contributed by atoms with Crippen LogP contribution in [0.15, 0.2) is 23.2 Å². The summed E-state index contributed by atoms with van der Waals surface area (Å²) in [4.78, 5) is 4.29. The molecule has 130 valence electrons. The molecule has 0 aliphatic carbocycles. The number of nitrogens with two attached hydrogens (primary N) is 1. The van der Waals surface area contributed by atoms with Gasteiger partial charge in [0.2, 0.25) is 0 Å². The number of benzene rings is 1. The fourth-order valence-corrected chi connectivity index (χ4v) is 3.50. The minimum Gasteiger partial charge on any atom is -0.493 e. The van der Waals surface area contributed by atoms with Crippen LogP contribution in [-0.4, -0.2) is 48.9 Å². The number of aliphatic imine (C=N–C) groups is 1. The molecule has 1 aromatic carbocycles. The average Bonchev–Trinajstić information content (AvgIpc) is 2.97. The second-order valence-electron chi connectivity index (χ2n) is 5.27. The van der Waals surface area contributed by atoms with Gasteiger partial charge in [-0.25, -0.2) is 4.99 Å². The number of methoxy groups -OCH3 is 2. The Balaban J connectivity index is 0.00000264. The van der Waals surface area contributed by atoms with E-state index in [4.69, 9.17) is 15.2 Å². The van der Waals surface area contributed by atoms with E-state index in [-0.39, 0.29) is 24.0 Å². The lowest BCUT2D eigenvalue weighted by Crippen LogP contribution is -2.45. The molecule has 6 nitrogen and oxygen atoms in total. The number of guanidine groups is 1. The van der Waals surface area contributed by atoms with Crippen LogP contribution in [-0.2, 0) is 6.54 Å². The molecule has 1 atom stereocenters. The van der Waals surface area contributed by atoms with Gasteiger partial charge < -0.3 is 25.6 Å². The largest absolute Gasteiger partial charge is 0.493 e. The van der Waals surface area contributed by atoms with Gasteiger partial charge in [-0.15, -0.1) is 24.0 Å². The first-order valence-electron chi connectivity index (χ1n) is 7.11. The van der Waals surface area contributed by atoms with E-state index >= 15 is 0 Å². The zero-order valence-electron chi connectivity index (χ0n) is 13.4. The van der Waals surface area contributed by atoms with Gasteiger partial charge in [-0.05, 0) is 29.9 Å². The molecule has 8 heteroatoms. The third-order valence-electron chi connectivity index (χ3n) is 3.56. The molecular weight excluding hydrogens is 429 g/mol. The van der Waals surface area contributed by atoms with Crippen molar-refractivity contribution in [3.05, 3.63) is 23.8 Å². The van der Waals surface area contributed by atoms with Gasteiger partial charge in [0, 0.05) is 12.3 Å². The van der Waals surface area contributed by atoms with Crippen molar-refractivity contribution in [3.8, 4) is 11.5 Å². The first-order chi connectivity index (χ1) is 10.6. The number of thioether (sulfide) groups is 1. The fraction of sp³-hybridized carbons (Fsp3) is 0.533. The molecule has 2 rings (SSSR count). The Morgan fingerprint density at radius 1 is 1.39 bits per heavy atom. The molecule has 1 fully saturated rings. The molecule has 4 N–H and O–H groups in total. The molecule has 0 aromatic heterocycles. The SMILES string of the molecule is COc1ccc(CN=C(N)NCC2(O)CCSC2)cc1OC.I. The fourth-order valence-electron chi connectivity index (χ4n) is 2.20. The van der Waals surface area contributed by atoms with Gasteiger partial charge in [0.15, 0.2) is 17.5 Å². The summed E-state index contributed by atoms with van der Waals surface area (Å²) in [5.74, 6) is 3.41. The van der Waals surface area contributed by atoms with Crippen LogP contribution >= 0.6 is 35.7 Å². The highest BCUT2D eigenvalue weighted by atomic mass is 127. The number of hydrogen-bond donors (Lipinski definition) is 3. The van der Waals surface area contributed by atoms with E-state index in [0.717, 1.165) is 23.5 Å². The molecule has 23 heavy (non-hydrogen) atoms. The quantitative estimate of drug-likeness (QED) is 0.345. The van der Waals surface area contributed by atoms with E-state index < -0.39 is 5.60 Å². The standard InChI is InChI=1S/C15H23N3O3S.HI/c1-20-12-4-3-11(7-13(12)21-2)8-17-14(16)18-9-15(19)5-6-22-10-15;/h3-4,7,19H,5-6,8-10H2,1-2H3,(H3,16,17,18);1H. The Labute approximate surface area is 158 Å². The van der Waals surface area contributed by atoms with Crippen LogP contribution in [0.4, 0.5) is 0 Å². The van der Waals surface area contributed by atoms with Crippen molar-refractivity contribution in [1.29, 1.82) is 0 Å². The third kappa shape index (κ3) is 5.92. The first kappa shape index (κ1) is 20.2. The number of aliphatic hydroxyl groups is 1. The van der Waals surface area contributed by atoms with Crippen LogP contribution in [0.25, 0.3) is 0 Å². The number of halogens is 1. The Bertz CT molecular complexity index is 537. The van der Waals surface area contributed by atoms with Gasteiger partial charge in [0.05, 0.1) is 26.4 Å². The number of hydrogen-bond acceptors (Lipinski definition) is 5. The lowest BCUT2D eigenvalue weighted by atomic mass is 10.0. The van der Waals surface area contributed by atoms with Crippen LogP contribution in [0, 0.1) is 0 Å². The van der Waals surface area contributed by atoms with Crippen LogP contribution < -0.4 is 20.5 Å². The van der Waals surface area contributed by atoms with Gasteiger partial charge >= 0.3 is 0 Å². The summed E-state index contributed by atoms with van der Waals surface area (Å²) in [7, 11) is 3.20. The topological polar surface area (TPSA) is 89.1 Å². The van der Waals surface area contributed by atoms with Crippen molar-refractivity contribution < 1.29 is 14.6 Å². The Morgan fingerprint density at radius 3 is 2.74 bits per heavy atom. The lowest BCUT2D eigenvalue weighted by Gasteiger charge is -2.21. The summed E-state index contributed by atoms with van der Waals surface area (Å²) < 4.78 is 10.5. The van der Waals surface area contributed by atoms with Crippen LogP contribution in [0.3, 0.4) is 0 Å². The van der Waals surface area contributed by atoms with Gasteiger partial charge in [0.1, 0.15) is 0 Å². The van der Waals surface area contributed by atoms with E-state index in [9.17, 15) is 5.11 Å². The van der Waals surface area contributed by atoms with Gasteiger partial charge in [0.25, 0.3) is 0 Å². The summed E-state index contributed by atoms with van der Waals surface area (Å²) in [5, 5.41) is 13.2. The Kier molecular flexibility index (Phi) is 8.27. The van der Waals surface area contributed by atoms with Crippen molar-refractivity contribution >= 4 is 41.7 Å². The Morgan fingerprint density at radius 2 is 2.13 bits per heavy atom. The summed E-state index contributed by atoms with van der Waals surface area (Å²) in [5.41, 5.74) is 6.15. The van der Waals surface area contributed by atoms with Gasteiger partial charge in [-0.3, -0.25) is 0 Å². The number of ether oxygens (including phenoxy) is 2. The minimum absolute atomic E-state index is 0. The predicted octanol–water partition coefficient (Wildman–Crippen LogP) is 1.59. The van der Waals surface area contributed by atoms with Gasteiger partial charge in [-0.2, -0.15) is 11.8 Å². The van der Waals surface area contributed by atoms with Crippen molar-refractivity contribution in [2.24, 2.45) is 10.7 Å². The molecule has 1 aliphatic rings. The molecule has 1 aliphatic heterocycles. The van der Waals surface area contributed by atoms with Crippen LogP contribution in [0.5, 0.6) is 11.5 Å². The zero-order chi connectivity index (χ0) is 16.0. The summed E-state index contributed by atoms with van der Waals surface area (Å²) >= 11 is 1.75. The highest BCUT2D eigenvalue weighted by Crippen LogP contribution is 2.28. The molecular formula is C15H24IN3O3S. The van der Waals surface area contributed by atoms with E-state index in [1.165, 1.54) is 0 Å². The maximum atomic E-state index is 10.2. The first-order valence-corrected chi connectivity index (χ1v) is 8.26. The van der Waals surface area contributed by atoms with Gasteiger partial charge in [-0.1, -0.05) is 6.07 Å². The van der Waals surface area contributed by atoms with E-state index in [2.05, 4.69) is 10.3 Å². The molecule has 0 spiro atoms. The van der Waals surface area contributed by atoms with E-state index in [0.29, 0.717) is 30.5 Å². The monoisotopic (exact) mass is 453 g/mol. The summed E-state index contributed by atoms with van der Waals surface area (Å²) in [6, 6.07) is 5.63. The molecule has 0 radical (unpaired) electrons. The molecule has 0 saturated carbocycles. The molecule has 1 unspecified atom stereocenters. The normalized spacial score (nSPS) is 20.7. The van der Waals surface area contributed by atoms with E-state index in [1.807, 2.05) is 18.2 Å². The number of nitrogens with one attached hydrogen (secondary N) is 1. The average molecular weight is 453 g/mol. The smallest absolute Gasteiger partial charge is 0.189 e.